The Balaban J connectivity index is 0.00000442. The number of carboxylic acids is 1. The molecule has 0 saturated heterocycles. The minimum atomic E-state index is -4.39. The van der Waals surface area contributed by atoms with E-state index in [2.05, 4.69) is 10.3 Å². The number of rotatable bonds is 10. The van der Waals surface area contributed by atoms with Gasteiger partial charge in [0.05, 0.1) is 11.2 Å². The summed E-state index contributed by atoms with van der Waals surface area (Å²) in [4.78, 5) is 29.7. The fourth-order valence-electron chi connectivity index (χ4n) is 5.00. The van der Waals surface area contributed by atoms with Gasteiger partial charge in [0.15, 0.2) is 0 Å². The molecule has 5 aromatic rings. The van der Waals surface area contributed by atoms with Crippen LogP contribution in [0.3, 0.4) is 0 Å². The summed E-state index contributed by atoms with van der Waals surface area (Å²) < 4.78 is 29.3. The SMILES string of the molecule is CCC(C(=O)O)N(c1ccc2c(C(=O)NCc3ccc(C(=N)N)cc3)cccc2c1)S(=O)(=O)c1cccc2cccnc12.O. The third-order valence-corrected chi connectivity index (χ3v) is 9.04. The molecular formula is C32H31N5O6S. The normalized spacial score (nSPS) is 11.8. The van der Waals surface area contributed by atoms with Crippen molar-refractivity contribution in [2.75, 3.05) is 4.31 Å². The zero-order chi connectivity index (χ0) is 30.7. The largest absolute Gasteiger partial charge is 0.480 e. The first-order chi connectivity index (χ1) is 20.6. The van der Waals surface area contributed by atoms with Crippen LogP contribution in [-0.4, -0.2) is 47.7 Å². The smallest absolute Gasteiger partial charge is 0.327 e. The van der Waals surface area contributed by atoms with Gasteiger partial charge in [0, 0.05) is 29.3 Å². The highest BCUT2D eigenvalue weighted by atomic mass is 32.2. The quantitative estimate of drug-likeness (QED) is 0.135. The number of amidine groups is 1. The van der Waals surface area contributed by atoms with Crippen molar-refractivity contribution in [1.29, 1.82) is 5.41 Å². The van der Waals surface area contributed by atoms with Gasteiger partial charge in [-0.3, -0.25) is 19.5 Å². The number of nitrogens with zero attached hydrogens (tertiary/aromatic N) is 2. The fraction of sp³-hybridized carbons (Fsp3) is 0.125. The first-order valence-corrected chi connectivity index (χ1v) is 14.9. The average molecular weight is 614 g/mol. The molecule has 226 valence electrons. The summed E-state index contributed by atoms with van der Waals surface area (Å²) in [6.45, 7) is 1.85. The van der Waals surface area contributed by atoms with E-state index in [1.807, 2.05) is 0 Å². The second-order valence-electron chi connectivity index (χ2n) is 9.90. The van der Waals surface area contributed by atoms with Crippen molar-refractivity contribution in [2.45, 2.75) is 30.8 Å². The standard InChI is InChI=1S/C32H29N5O5S.H2O/c1-2-27(32(39)40)37(43(41,42)28-10-4-6-21-8-5-17-35-29(21)28)24-15-16-25-23(18-24)7-3-9-26(25)31(38)36-19-20-11-13-22(14-12-20)30(33)34;/h3-18,27H,2,19H2,1H3,(H3,33,34)(H,36,38)(H,39,40);1H2. The number of pyridine rings is 1. The average Bonchev–Trinajstić information content (AvgIpc) is 3.01. The molecule has 0 aliphatic rings. The van der Waals surface area contributed by atoms with Gasteiger partial charge in [-0.15, -0.1) is 0 Å². The Bertz CT molecular complexity index is 1970. The van der Waals surface area contributed by atoms with E-state index in [0.717, 1.165) is 9.87 Å². The lowest BCUT2D eigenvalue weighted by Crippen LogP contribution is -2.45. The first kappa shape index (κ1) is 31.6. The summed E-state index contributed by atoms with van der Waals surface area (Å²) in [5.74, 6) is -1.67. The maximum atomic E-state index is 14.2. The Morgan fingerprint density at radius 3 is 2.34 bits per heavy atom. The van der Waals surface area contributed by atoms with Gasteiger partial charge >= 0.3 is 5.97 Å². The maximum absolute atomic E-state index is 14.2. The summed E-state index contributed by atoms with van der Waals surface area (Å²) in [7, 11) is -4.39. The number of amides is 1. The van der Waals surface area contributed by atoms with E-state index in [9.17, 15) is 23.1 Å². The number of carbonyl (C=O) groups is 2. The molecule has 0 fully saturated rings. The molecule has 0 bridgehead atoms. The highest BCUT2D eigenvalue weighted by Crippen LogP contribution is 2.33. The molecule has 7 N–H and O–H groups in total. The van der Waals surface area contributed by atoms with Crippen LogP contribution in [0.4, 0.5) is 5.69 Å². The minimum Gasteiger partial charge on any atom is -0.480 e. The molecule has 12 heteroatoms. The number of sulfonamides is 1. The van der Waals surface area contributed by atoms with Crippen molar-refractivity contribution in [3.63, 3.8) is 0 Å². The molecule has 5 rings (SSSR count). The number of fused-ring (bicyclic) bond motifs is 2. The van der Waals surface area contributed by atoms with Crippen molar-refractivity contribution < 1.29 is 28.6 Å². The lowest BCUT2D eigenvalue weighted by Gasteiger charge is -2.30. The summed E-state index contributed by atoms with van der Waals surface area (Å²) >= 11 is 0. The number of aromatic nitrogens is 1. The number of benzene rings is 4. The molecule has 0 aliphatic carbocycles. The van der Waals surface area contributed by atoms with Crippen LogP contribution in [-0.2, 0) is 21.4 Å². The second-order valence-corrected chi connectivity index (χ2v) is 11.7. The molecule has 11 nitrogen and oxygen atoms in total. The Labute approximate surface area is 253 Å². The number of nitrogen functional groups attached to an aromatic ring is 1. The number of nitrogens with two attached hydrogens (primary N) is 1. The van der Waals surface area contributed by atoms with Gasteiger partial charge in [-0.25, -0.2) is 13.2 Å². The third kappa shape index (κ3) is 6.07. The Morgan fingerprint density at radius 2 is 1.66 bits per heavy atom. The van der Waals surface area contributed by atoms with E-state index < -0.39 is 22.0 Å². The zero-order valence-corrected chi connectivity index (χ0v) is 24.5. The molecule has 1 unspecified atom stereocenters. The monoisotopic (exact) mass is 613 g/mol. The second kappa shape index (κ2) is 12.9. The van der Waals surface area contributed by atoms with Gasteiger partial charge in [-0.05, 0) is 53.1 Å². The highest BCUT2D eigenvalue weighted by Gasteiger charge is 2.36. The van der Waals surface area contributed by atoms with Crippen LogP contribution < -0.4 is 15.4 Å². The van der Waals surface area contributed by atoms with E-state index in [1.165, 1.54) is 18.3 Å². The minimum absolute atomic E-state index is 0. The molecular weight excluding hydrogens is 582 g/mol. The van der Waals surface area contributed by atoms with Crippen LogP contribution in [0, 0.1) is 5.41 Å². The molecule has 44 heavy (non-hydrogen) atoms. The van der Waals surface area contributed by atoms with Gasteiger partial charge in [0.1, 0.15) is 16.8 Å². The summed E-state index contributed by atoms with van der Waals surface area (Å²) in [5, 5.41) is 22.2. The maximum Gasteiger partial charge on any atom is 0.327 e. The van der Waals surface area contributed by atoms with E-state index in [-0.39, 0.29) is 46.3 Å². The van der Waals surface area contributed by atoms with Crippen LogP contribution >= 0.6 is 0 Å². The van der Waals surface area contributed by atoms with Crippen LogP contribution in [0.5, 0.6) is 0 Å². The van der Waals surface area contributed by atoms with Crippen molar-refractivity contribution in [3.8, 4) is 0 Å². The summed E-state index contributed by atoms with van der Waals surface area (Å²) in [6.07, 6.45) is 1.50. The molecule has 0 spiro atoms. The topological polar surface area (TPSA) is 198 Å². The van der Waals surface area contributed by atoms with Crippen LogP contribution in [0.1, 0.15) is 34.8 Å². The van der Waals surface area contributed by atoms with Crippen LogP contribution in [0.2, 0.25) is 0 Å². The van der Waals surface area contributed by atoms with E-state index in [1.54, 1.807) is 85.8 Å². The van der Waals surface area contributed by atoms with Crippen molar-refractivity contribution in [3.05, 3.63) is 114 Å². The van der Waals surface area contributed by atoms with Gasteiger partial charge in [0.2, 0.25) is 0 Å². The predicted molar refractivity (Wildman–Crippen MR) is 169 cm³/mol. The van der Waals surface area contributed by atoms with Crippen LogP contribution in [0.25, 0.3) is 21.7 Å². The van der Waals surface area contributed by atoms with Gasteiger partial charge in [-0.1, -0.05) is 67.6 Å². The molecule has 1 heterocycles. The van der Waals surface area contributed by atoms with Crippen LogP contribution in [0.15, 0.2) is 102 Å². The fourth-order valence-corrected chi connectivity index (χ4v) is 6.85. The number of nitrogens with one attached hydrogen (secondary N) is 2. The number of anilines is 1. The molecule has 1 aromatic heterocycles. The summed E-state index contributed by atoms with van der Waals surface area (Å²) in [6, 6.07) is 23.6. The van der Waals surface area contributed by atoms with Crippen molar-refractivity contribution in [2.24, 2.45) is 5.73 Å². The van der Waals surface area contributed by atoms with Crippen molar-refractivity contribution in [1.82, 2.24) is 10.3 Å². The third-order valence-electron chi connectivity index (χ3n) is 7.17. The molecule has 0 saturated carbocycles. The first-order valence-electron chi connectivity index (χ1n) is 13.5. The molecule has 1 atom stereocenters. The Hall–Kier alpha value is -5.33. The lowest BCUT2D eigenvalue weighted by atomic mass is 10.0. The molecule has 1 amide bonds. The summed E-state index contributed by atoms with van der Waals surface area (Å²) in [5.41, 5.74) is 7.68. The Morgan fingerprint density at radius 1 is 0.977 bits per heavy atom. The number of carboxylic acid groups (broad SMARTS) is 1. The molecule has 4 aromatic carbocycles. The predicted octanol–water partition coefficient (Wildman–Crippen LogP) is 3.84. The molecule has 0 aliphatic heterocycles. The molecule has 0 radical (unpaired) electrons. The number of hydrogen-bond donors (Lipinski definition) is 4. The number of hydrogen-bond acceptors (Lipinski definition) is 6. The number of para-hydroxylation sites is 1. The van der Waals surface area contributed by atoms with E-state index in [0.29, 0.717) is 27.3 Å². The van der Waals surface area contributed by atoms with Gasteiger partial charge in [-0.2, -0.15) is 0 Å². The highest BCUT2D eigenvalue weighted by molar-refractivity contribution is 7.93. The lowest BCUT2D eigenvalue weighted by molar-refractivity contribution is -0.138. The van der Waals surface area contributed by atoms with Gasteiger partial charge in [0.25, 0.3) is 15.9 Å². The zero-order valence-electron chi connectivity index (χ0n) is 23.7. The van der Waals surface area contributed by atoms with E-state index >= 15 is 0 Å². The van der Waals surface area contributed by atoms with Crippen molar-refractivity contribution >= 4 is 55.1 Å². The Kier molecular flexibility index (Phi) is 9.26. The number of aliphatic carboxylic acids is 1. The van der Waals surface area contributed by atoms with Gasteiger partial charge < -0.3 is 21.6 Å². The number of carbonyl (C=O) groups excluding carboxylic acids is 1. The van der Waals surface area contributed by atoms with E-state index in [4.69, 9.17) is 11.1 Å².